The summed E-state index contributed by atoms with van der Waals surface area (Å²) in [5, 5.41) is 0. The van der Waals surface area contributed by atoms with Crippen LogP contribution in [0, 0.1) is 24.2 Å². The fourth-order valence-electron chi connectivity index (χ4n) is 0.495. The molecule has 0 aliphatic carbocycles. The molecule has 56 valence electrons. The van der Waals surface area contributed by atoms with E-state index >= 15 is 0 Å². The SMILES string of the molecule is C#C/C=C/C#CCCCC=O. The second kappa shape index (κ2) is 8.53. The van der Waals surface area contributed by atoms with E-state index in [0.29, 0.717) is 6.42 Å². The van der Waals surface area contributed by atoms with E-state index in [2.05, 4.69) is 17.8 Å². The summed E-state index contributed by atoms with van der Waals surface area (Å²) in [6.07, 6.45) is 11.2. The van der Waals surface area contributed by atoms with Crippen molar-refractivity contribution >= 4 is 6.29 Å². The summed E-state index contributed by atoms with van der Waals surface area (Å²) >= 11 is 0. The van der Waals surface area contributed by atoms with Crippen LogP contribution in [0.15, 0.2) is 12.2 Å². The van der Waals surface area contributed by atoms with Crippen LogP contribution in [0.4, 0.5) is 0 Å². The molecular weight excluding hydrogens is 136 g/mol. The quantitative estimate of drug-likeness (QED) is 0.335. The molecule has 0 heterocycles. The van der Waals surface area contributed by atoms with Crippen molar-refractivity contribution in [3.8, 4) is 24.2 Å². The largest absolute Gasteiger partial charge is 0.303 e. The fraction of sp³-hybridized carbons (Fsp3) is 0.300. The van der Waals surface area contributed by atoms with Crippen molar-refractivity contribution in [2.45, 2.75) is 19.3 Å². The lowest BCUT2D eigenvalue weighted by atomic mass is 10.2. The van der Waals surface area contributed by atoms with E-state index in [1.54, 1.807) is 12.2 Å². The number of carbonyl (C=O) groups is 1. The molecule has 1 nitrogen and oxygen atoms in total. The number of hydrogen-bond acceptors (Lipinski definition) is 1. The van der Waals surface area contributed by atoms with Gasteiger partial charge < -0.3 is 4.79 Å². The molecule has 0 bridgehead atoms. The molecule has 0 saturated heterocycles. The van der Waals surface area contributed by atoms with Gasteiger partial charge in [0.15, 0.2) is 0 Å². The van der Waals surface area contributed by atoms with Gasteiger partial charge in [0.05, 0.1) is 0 Å². The maximum Gasteiger partial charge on any atom is 0.120 e. The summed E-state index contributed by atoms with van der Waals surface area (Å²) in [6.45, 7) is 0. The van der Waals surface area contributed by atoms with Crippen molar-refractivity contribution in [2.75, 3.05) is 0 Å². The van der Waals surface area contributed by atoms with E-state index in [1.807, 2.05) is 0 Å². The first kappa shape index (κ1) is 9.53. The molecule has 0 radical (unpaired) electrons. The van der Waals surface area contributed by atoms with Crippen molar-refractivity contribution in [3.63, 3.8) is 0 Å². The third kappa shape index (κ3) is 8.53. The third-order valence-electron chi connectivity index (χ3n) is 0.989. The zero-order valence-corrected chi connectivity index (χ0v) is 6.34. The number of allylic oxidation sites excluding steroid dienone is 2. The molecule has 0 aromatic carbocycles. The van der Waals surface area contributed by atoms with Crippen molar-refractivity contribution < 1.29 is 4.79 Å². The topological polar surface area (TPSA) is 17.1 Å². The maximum atomic E-state index is 9.85. The standard InChI is InChI=1S/C10H10O/c1-2-3-4-5-6-7-8-9-10-11/h1,3-4,10H,7-9H2/b4-3+. The van der Waals surface area contributed by atoms with Crippen LogP contribution in [-0.2, 0) is 4.79 Å². The zero-order valence-electron chi connectivity index (χ0n) is 6.34. The first-order chi connectivity index (χ1) is 5.41. The molecule has 0 amide bonds. The predicted molar refractivity (Wildman–Crippen MR) is 45.7 cm³/mol. The molecule has 0 N–H and O–H groups in total. The van der Waals surface area contributed by atoms with Crippen LogP contribution < -0.4 is 0 Å². The van der Waals surface area contributed by atoms with Crippen molar-refractivity contribution in [1.82, 2.24) is 0 Å². The number of terminal acetylenes is 1. The smallest absolute Gasteiger partial charge is 0.120 e. The van der Waals surface area contributed by atoms with Gasteiger partial charge >= 0.3 is 0 Å². The molecule has 0 rings (SSSR count). The van der Waals surface area contributed by atoms with Crippen LogP contribution in [0.25, 0.3) is 0 Å². The Morgan fingerprint density at radius 2 is 2.18 bits per heavy atom. The molecule has 0 aromatic rings. The Labute approximate surface area is 67.5 Å². The zero-order chi connectivity index (χ0) is 8.36. The van der Waals surface area contributed by atoms with Gasteiger partial charge in [-0.1, -0.05) is 17.8 Å². The first-order valence-electron chi connectivity index (χ1n) is 3.45. The summed E-state index contributed by atoms with van der Waals surface area (Å²) in [5.74, 6) is 7.95. The summed E-state index contributed by atoms with van der Waals surface area (Å²) in [5.41, 5.74) is 0. The van der Waals surface area contributed by atoms with Crippen LogP contribution in [0.2, 0.25) is 0 Å². The van der Waals surface area contributed by atoms with Crippen molar-refractivity contribution in [3.05, 3.63) is 12.2 Å². The van der Waals surface area contributed by atoms with Crippen LogP contribution in [-0.4, -0.2) is 6.29 Å². The van der Waals surface area contributed by atoms with Gasteiger partial charge in [-0.3, -0.25) is 0 Å². The summed E-state index contributed by atoms with van der Waals surface area (Å²) in [4.78, 5) is 9.85. The van der Waals surface area contributed by atoms with Gasteiger partial charge in [-0.05, 0) is 18.6 Å². The van der Waals surface area contributed by atoms with Crippen molar-refractivity contribution in [1.29, 1.82) is 0 Å². The number of aldehydes is 1. The van der Waals surface area contributed by atoms with E-state index in [0.717, 1.165) is 19.1 Å². The summed E-state index contributed by atoms with van der Waals surface area (Å²) in [6, 6.07) is 0. The molecule has 11 heavy (non-hydrogen) atoms. The predicted octanol–water partition coefficient (Wildman–Crippen LogP) is 1.55. The minimum absolute atomic E-state index is 0.591. The van der Waals surface area contributed by atoms with E-state index in [4.69, 9.17) is 6.42 Å². The molecule has 0 aliphatic heterocycles. The number of hydrogen-bond donors (Lipinski definition) is 0. The number of carbonyl (C=O) groups excluding carboxylic acids is 1. The molecule has 1 heteroatoms. The van der Waals surface area contributed by atoms with E-state index in [9.17, 15) is 4.79 Å². The Morgan fingerprint density at radius 1 is 1.36 bits per heavy atom. The van der Waals surface area contributed by atoms with Gasteiger partial charge in [-0.15, -0.1) is 6.42 Å². The molecule has 0 spiro atoms. The van der Waals surface area contributed by atoms with Gasteiger partial charge in [0.1, 0.15) is 6.29 Å². The van der Waals surface area contributed by atoms with Gasteiger partial charge in [0.2, 0.25) is 0 Å². The lowest BCUT2D eigenvalue weighted by Crippen LogP contribution is -1.73. The second-order valence-corrected chi connectivity index (χ2v) is 1.88. The normalized spacial score (nSPS) is 8.27. The molecule has 0 fully saturated rings. The number of rotatable bonds is 3. The van der Waals surface area contributed by atoms with Gasteiger partial charge in [-0.2, -0.15) is 0 Å². The molecule has 0 aromatic heterocycles. The Kier molecular flexibility index (Phi) is 7.39. The van der Waals surface area contributed by atoms with Gasteiger partial charge in [0, 0.05) is 12.8 Å². The van der Waals surface area contributed by atoms with Crippen LogP contribution in [0.1, 0.15) is 19.3 Å². The highest BCUT2D eigenvalue weighted by atomic mass is 16.1. The Bertz CT molecular complexity index is 219. The Balaban J connectivity index is 3.34. The first-order valence-corrected chi connectivity index (χ1v) is 3.45. The van der Waals surface area contributed by atoms with Crippen LogP contribution in [0.3, 0.4) is 0 Å². The minimum Gasteiger partial charge on any atom is -0.303 e. The minimum atomic E-state index is 0.591. The van der Waals surface area contributed by atoms with E-state index in [-0.39, 0.29) is 0 Å². The molecule has 0 saturated carbocycles. The highest BCUT2D eigenvalue weighted by Crippen LogP contribution is 1.88. The average Bonchev–Trinajstić information content (AvgIpc) is 2.03. The van der Waals surface area contributed by atoms with Crippen molar-refractivity contribution in [2.24, 2.45) is 0 Å². The van der Waals surface area contributed by atoms with Crippen LogP contribution >= 0.6 is 0 Å². The third-order valence-corrected chi connectivity index (χ3v) is 0.989. The average molecular weight is 146 g/mol. The number of unbranched alkanes of at least 4 members (excludes halogenated alkanes) is 2. The highest BCUT2D eigenvalue weighted by Gasteiger charge is 1.78. The Morgan fingerprint density at radius 3 is 2.82 bits per heavy atom. The van der Waals surface area contributed by atoms with Crippen LogP contribution in [0.5, 0.6) is 0 Å². The fourth-order valence-corrected chi connectivity index (χ4v) is 0.495. The summed E-state index contributed by atoms with van der Waals surface area (Å²) in [7, 11) is 0. The molecule has 0 atom stereocenters. The molecule has 0 aliphatic rings. The maximum absolute atomic E-state index is 9.85. The van der Waals surface area contributed by atoms with Gasteiger partial charge in [-0.25, -0.2) is 0 Å². The highest BCUT2D eigenvalue weighted by molar-refractivity contribution is 5.49. The van der Waals surface area contributed by atoms with Gasteiger partial charge in [0.25, 0.3) is 0 Å². The van der Waals surface area contributed by atoms with E-state index in [1.165, 1.54) is 0 Å². The lowest BCUT2D eigenvalue weighted by Gasteiger charge is -1.80. The molecule has 0 unspecified atom stereocenters. The summed E-state index contributed by atoms with van der Waals surface area (Å²) < 4.78 is 0. The van der Waals surface area contributed by atoms with E-state index < -0.39 is 0 Å². The second-order valence-electron chi connectivity index (χ2n) is 1.88. The molecular formula is C10H10O. The Hall–Kier alpha value is -1.47. The monoisotopic (exact) mass is 146 g/mol. The lowest BCUT2D eigenvalue weighted by molar-refractivity contribution is -0.107.